The van der Waals surface area contributed by atoms with Gasteiger partial charge in [-0.1, -0.05) is 79.6 Å². The maximum Gasteiger partial charge on any atom is 0.103 e. The Hall–Kier alpha value is -0.863. The topological polar surface area (TPSA) is 20.2 Å². The van der Waals surface area contributed by atoms with Crippen LogP contribution >= 0.6 is 0 Å². The van der Waals surface area contributed by atoms with Gasteiger partial charge in [0.15, 0.2) is 0 Å². The molecule has 1 saturated carbocycles. The molecule has 1 aromatic rings. The van der Waals surface area contributed by atoms with Crippen molar-refractivity contribution in [3.05, 3.63) is 42.1 Å². The second-order valence-electron chi connectivity index (χ2n) is 5.94. The van der Waals surface area contributed by atoms with E-state index in [-0.39, 0.29) is 0 Å². The molecule has 0 radical (unpaired) electrons. The molecule has 0 atom stereocenters. The average molecular weight is 261 g/mol. The van der Waals surface area contributed by atoms with Gasteiger partial charge in [-0.05, 0) is 12.8 Å². The van der Waals surface area contributed by atoms with Crippen LogP contribution in [0.2, 0.25) is 13.1 Å². The summed E-state index contributed by atoms with van der Waals surface area (Å²) in [6.07, 6.45) is 6.85. The molecule has 0 heterocycles. The molecule has 0 bridgehead atoms. The second kappa shape index (κ2) is 5.41. The predicted molar refractivity (Wildman–Crippen MR) is 80.7 cm³/mol. The summed E-state index contributed by atoms with van der Waals surface area (Å²) in [6.45, 7) is 4.38. The van der Waals surface area contributed by atoms with Crippen LogP contribution in [0.5, 0.6) is 0 Å². The van der Waals surface area contributed by atoms with E-state index in [1.165, 1.54) is 11.6 Å². The SMILES string of the molecule is [2H]/C(=C\C1(O)CCCCC1)[Si](C)(C)c1ccccc1. The normalized spacial score (nSPS) is 21.5. The molecule has 0 unspecified atom stereocenters. The van der Waals surface area contributed by atoms with Gasteiger partial charge in [0.2, 0.25) is 0 Å². The fourth-order valence-electron chi connectivity index (χ4n) is 2.56. The van der Waals surface area contributed by atoms with Crippen molar-refractivity contribution in [1.82, 2.24) is 0 Å². The minimum atomic E-state index is -1.95. The molecule has 98 valence electrons. The highest BCUT2D eigenvalue weighted by Gasteiger charge is 2.28. The van der Waals surface area contributed by atoms with Crippen molar-refractivity contribution in [2.24, 2.45) is 0 Å². The van der Waals surface area contributed by atoms with Gasteiger partial charge in [0.25, 0.3) is 0 Å². The van der Waals surface area contributed by atoms with Crippen molar-refractivity contribution in [1.29, 1.82) is 0 Å². The van der Waals surface area contributed by atoms with Crippen molar-refractivity contribution in [2.45, 2.75) is 50.8 Å². The van der Waals surface area contributed by atoms with Gasteiger partial charge >= 0.3 is 0 Å². The van der Waals surface area contributed by atoms with Crippen molar-refractivity contribution >= 4 is 13.3 Å². The van der Waals surface area contributed by atoms with Crippen molar-refractivity contribution in [2.75, 3.05) is 0 Å². The van der Waals surface area contributed by atoms with Crippen LogP contribution < -0.4 is 5.19 Å². The lowest BCUT2D eigenvalue weighted by Gasteiger charge is -2.30. The van der Waals surface area contributed by atoms with E-state index in [0.717, 1.165) is 25.7 Å². The first-order valence-electron chi connectivity index (χ1n) is 7.42. The van der Waals surface area contributed by atoms with E-state index < -0.39 is 13.7 Å². The van der Waals surface area contributed by atoms with Crippen molar-refractivity contribution in [3.63, 3.8) is 0 Å². The fraction of sp³-hybridized carbons (Fsp3) is 0.500. The highest BCUT2D eigenvalue weighted by atomic mass is 28.3. The van der Waals surface area contributed by atoms with Crippen LogP contribution in [0, 0.1) is 0 Å². The Kier molecular flexibility index (Phi) is 3.66. The fourth-order valence-corrected chi connectivity index (χ4v) is 4.38. The maximum atomic E-state index is 10.6. The summed E-state index contributed by atoms with van der Waals surface area (Å²) in [5.41, 5.74) is -0.0721. The molecule has 2 rings (SSSR count). The third-order valence-corrected chi connectivity index (χ3v) is 6.56. The standard InChI is InChI=1S/C16H24OSi/c1-18(2,15-9-5-3-6-10-15)14-13-16(17)11-7-4-8-12-16/h3,5-6,9-10,13-14,17H,4,7-8,11-12H2,1-2H3/b14-13+/i14D. The van der Waals surface area contributed by atoms with Gasteiger partial charge in [-0.25, -0.2) is 0 Å². The van der Waals surface area contributed by atoms with Gasteiger partial charge in [0, 0.05) is 0 Å². The van der Waals surface area contributed by atoms with E-state index in [1.54, 1.807) is 0 Å². The van der Waals surface area contributed by atoms with Gasteiger partial charge in [0.1, 0.15) is 8.07 Å². The second-order valence-corrected chi connectivity index (χ2v) is 10.1. The van der Waals surface area contributed by atoms with E-state index in [9.17, 15) is 5.11 Å². The summed E-state index contributed by atoms with van der Waals surface area (Å²) in [7, 11) is -1.95. The lowest BCUT2D eigenvalue weighted by Crippen LogP contribution is -2.40. The molecule has 1 aliphatic carbocycles. The Morgan fingerprint density at radius 2 is 1.78 bits per heavy atom. The Labute approximate surface area is 113 Å². The lowest BCUT2D eigenvalue weighted by molar-refractivity contribution is 0.0514. The van der Waals surface area contributed by atoms with E-state index in [4.69, 9.17) is 1.37 Å². The summed E-state index contributed by atoms with van der Waals surface area (Å²) in [4.78, 5) is 0. The largest absolute Gasteiger partial charge is 0.386 e. The van der Waals surface area contributed by atoms with E-state index in [0.29, 0.717) is 5.68 Å². The molecule has 2 heteroatoms. The summed E-state index contributed by atoms with van der Waals surface area (Å²) in [5, 5.41) is 11.8. The predicted octanol–water partition coefficient (Wildman–Crippen LogP) is 3.39. The monoisotopic (exact) mass is 261 g/mol. The van der Waals surface area contributed by atoms with Crippen LogP contribution in [0.1, 0.15) is 33.5 Å². The van der Waals surface area contributed by atoms with Gasteiger partial charge in [-0.15, -0.1) is 0 Å². The summed E-state index contributed by atoms with van der Waals surface area (Å²) in [6, 6.07) is 10.3. The van der Waals surface area contributed by atoms with E-state index >= 15 is 0 Å². The number of hydrogen-bond donors (Lipinski definition) is 1. The first kappa shape index (κ1) is 12.2. The molecule has 1 N–H and O–H groups in total. The third kappa shape index (κ3) is 3.33. The van der Waals surface area contributed by atoms with Crippen LogP contribution in [-0.4, -0.2) is 18.8 Å². The Morgan fingerprint density at radius 1 is 1.17 bits per heavy atom. The average Bonchev–Trinajstić information content (AvgIpc) is 2.40. The summed E-state index contributed by atoms with van der Waals surface area (Å²) >= 11 is 0. The molecule has 0 amide bonds. The van der Waals surface area contributed by atoms with Gasteiger partial charge in [0.05, 0.1) is 6.97 Å². The van der Waals surface area contributed by atoms with Crippen LogP contribution in [-0.2, 0) is 0 Å². The highest BCUT2D eigenvalue weighted by molar-refractivity contribution is 6.93. The molecule has 1 nitrogen and oxygen atoms in total. The highest BCUT2D eigenvalue weighted by Crippen LogP contribution is 2.29. The van der Waals surface area contributed by atoms with Crippen LogP contribution in [0.25, 0.3) is 0 Å². The Morgan fingerprint density at radius 3 is 2.39 bits per heavy atom. The molecule has 1 fully saturated rings. The molecule has 1 aliphatic rings. The quantitative estimate of drug-likeness (QED) is 0.827. The number of hydrogen-bond acceptors (Lipinski definition) is 1. The molecule has 0 spiro atoms. The first-order chi connectivity index (χ1) is 8.94. The van der Waals surface area contributed by atoms with Gasteiger partial charge in [-0.2, -0.15) is 0 Å². The number of rotatable bonds is 3. The summed E-state index contributed by atoms with van der Waals surface area (Å²) in [5.74, 6) is 0. The third-order valence-electron chi connectivity index (χ3n) is 3.92. The van der Waals surface area contributed by atoms with Gasteiger partial charge in [-0.3, -0.25) is 0 Å². The maximum absolute atomic E-state index is 10.6. The van der Waals surface area contributed by atoms with Crippen LogP contribution in [0.15, 0.2) is 42.1 Å². The van der Waals surface area contributed by atoms with Gasteiger partial charge < -0.3 is 5.11 Å². The zero-order valence-electron chi connectivity index (χ0n) is 12.4. The minimum Gasteiger partial charge on any atom is -0.386 e. The van der Waals surface area contributed by atoms with Crippen molar-refractivity contribution < 1.29 is 6.48 Å². The van der Waals surface area contributed by atoms with E-state index in [1.807, 2.05) is 24.3 Å². The molecular weight excluding hydrogens is 236 g/mol. The Bertz CT molecular complexity index is 447. The first-order valence-corrected chi connectivity index (χ1v) is 9.92. The molecule has 0 aliphatic heterocycles. The van der Waals surface area contributed by atoms with E-state index in [2.05, 4.69) is 25.2 Å². The zero-order chi connectivity index (χ0) is 13.9. The zero-order valence-corrected chi connectivity index (χ0v) is 12.4. The van der Waals surface area contributed by atoms with Crippen LogP contribution in [0.4, 0.5) is 0 Å². The number of aliphatic hydroxyl groups is 1. The Balaban J connectivity index is 2.24. The lowest BCUT2D eigenvalue weighted by atomic mass is 9.85. The van der Waals surface area contributed by atoms with Crippen molar-refractivity contribution in [3.8, 4) is 0 Å². The minimum absolute atomic E-state index is 0.656. The summed E-state index contributed by atoms with van der Waals surface area (Å²) < 4.78 is 8.44. The van der Waals surface area contributed by atoms with Crippen LogP contribution in [0.3, 0.4) is 0 Å². The number of benzene rings is 1. The molecule has 18 heavy (non-hydrogen) atoms. The smallest absolute Gasteiger partial charge is 0.103 e. The molecule has 1 aromatic carbocycles. The molecular formula is C16H24OSi. The molecule has 0 aromatic heterocycles. The molecule has 0 saturated heterocycles.